The molecule has 0 unspecified atom stereocenters. The van der Waals surface area contributed by atoms with E-state index in [2.05, 4.69) is 11.1 Å². The summed E-state index contributed by atoms with van der Waals surface area (Å²) in [5.74, 6) is -0.503. The maximum Gasteiger partial charge on any atom is 0.337 e. The fraction of sp³-hybridized carbons (Fsp3) is 0.182. The van der Waals surface area contributed by atoms with Gasteiger partial charge >= 0.3 is 5.69 Å². The second kappa shape index (κ2) is 7.44. The Hall–Kier alpha value is -3.99. The van der Waals surface area contributed by atoms with Crippen LogP contribution in [0.15, 0.2) is 64.4 Å². The fourth-order valence-corrected chi connectivity index (χ4v) is 3.53. The molecule has 8 heteroatoms. The Morgan fingerprint density at radius 2 is 1.90 bits per heavy atom. The van der Waals surface area contributed by atoms with E-state index in [4.69, 9.17) is 0 Å². The highest BCUT2D eigenvalue weighted by atomic mass is 19.1. The predicted octanol–water partition coefficient (Wildman–Crippen LogP) is 2.99. The van der Waals surface area contributed by atoms with Gasteiger partial charge in [0, 0.05) is 6.04 Å². The first kappa shape index (κ1) is 19.3. The topological polar surface area (TPSA) is 85.6 Å². The van der Waals surface area contributed by atoms with Crippen molar-refractivity contribution in [2.24, 2.45) is 0 Å². The number of hydrogen-bond acceptors (Lipinski definition) is 4. The summed E-state index contributed by atoms with van der Waals surface area (Å²) in [5.41, 5.74) is 0.768. The zero-order valence-electron chi connectivity index (χ0n) is 16.4. The maximum absolute atomic E-state index is 13.9. The molecule has 4 aromatic rings. The first-order valence-electron chi connectivity index (χ1n) is 9.38. The SMILES string of the molecule is CC(C)n1c(=O)c2c(ncn2Cc2ccccc2C#N)n(-c2cccc(F)c2)c1=O. The molecule has 0 aliphatic heterocycles. The van der Waals surface area contributed by atoms with Crippen LogP contribution < -0.4 is 11.2 Å². The molecule has 0 saturated heterocycles. The number of halogens is 1. The normalized spacial score (nSPS) is 11.2. The molecule has 0 amide bonds. The minimum absolute atomic E-state index is 0.141. The molecule has 0 aliphatic rings. The second-order valence-electron chi connectivity index (χ2n) is 7.18. The van der Waals surface area contributed by atoms with E-state index in [9.17, 15) is 19.2 Å². The van der Waals surface area contributed by atoms with Gasteiger partial charge in [-0.2, -0.15) is 5.26 Å². The lowest BCUT2D eigenvalue weighted by molar-refractivity contribution is 0.538. The molecule has 0 atom stereocenters. The quantitative estimate of drug-likeness (QED) is 0.524. The molecule has 0 radical (unpaired) electrons. The first-order valence-corrected chi connectivity index (χ1v) is 9.38. The molecule has 150 valence electrons. The van der Waals surface area contributed by atoms with Crippen LogP contribution in [0.1, 0.15) is 31.0 Å². The molecular weight excluding hydrogens is 385 g/mol. The van der Waals surface area contributed by atoms with Gasteiger partial charge in [0.15, 0.2) is 11.2 Å². The van der Waals surface area contributed by atoms with Crippen molar-refractivity contribution in [3.8, 4) is 11.8 Å². The standard InChI is InChI=1S/C22H18FN5O2/c1-14(2)27-21(29)19-20(28(22(27)30)18-9-5-8-17(23)10-18)25-13-26(19)12-16-7-4-3-6-15(16)11-24/h3-10,13-14H,12H2,1-2H3. The first-order chi connectivity index (χ1) is 14.4. The molecule has 2 aromatic carbocycles. The maximum atomic E-state index is 13.9. The summed E-state index contributed by atoms with van der Waals surface area (Å²) >= 11 is 0. The van der Waals surface area contributed by atoms with Crippen LogP contribution in [0.3, 0.4) is 0 Å². The van der Waals surface area contributed by atoms with Crippen LogP contribution in [0.4, 0.5) is 4.39 Å². The lowest BCUT2D eigenvalue weighted by atomic mass is 10.1. The van der Waals surface area contributed by atoms with Gasteiger partial charge in [-0.25, -0.2) is 18.7 Å². The van der Waals surface area contributed by atoms with Crippen LogP contribution in [0.25, 0.3) is 16.9 Å². The summed E-state index contributed by atoms with van der Waals surface area (Å²) in [6, 6.07) is 14.4. The molecule has 4 rings (SSSR count). The van der Waals surface area contributed by atoms with Crippen LogP contribution in [0.2, 0.25) is 0 Å². The summed E-state index contributed by atoms with van der Waals surface area (Å²) in [6.45, 7) is 3.70. The lowest BCUT2D eigenvalue weighted by Crippen LogP contribution is -2.41. The molecule has 30 heavy (non-hydrogen) atoms. The molecule has 0 spiro atoms. The minimum Gasteiger partial charge on any atom is -0.320 e. The van der Waals surface area contributed by atoms with Gasteiger partial charge in [-0.05, 0) is 43.7 Å². The van der Waals surface area contributed by atoms with Gasteiger partial charge in [-0.3, -0.25) is 9.36 Å². The van der Waals surface area contributed by atoms with Crippen LogP contribution in [-0.4, -0.2) is 18.7 Å². The molecule has 0 saturated carbocycles. The summed E-state index contributed by atoms with van der Waals surface area (Å²) < 4.78 is 17.8. The Balaban J connectivity index is 2.04. The zero-order valence-corrected chi connectivity index (χ0v) is 16.4. The van der Waals surface area contributed by atoms with Gasteiger partial charge in [0.2, 0.25) is 0 Å². The summed E-state index contributed by atoms with van der Waals surface area (Å²) in [5, 5.41) is 9.37. The van der Waals surface area contributed by atoms with Crippen molar-refractivity contribution < 1.29 is 4.39 Å². The average molecular weight is 403 g/mol. The Morgan fingerprint density at radius 3 is 2.60 bits per heavy atom. The summed E-state index contributed by atoms with van der Waals surface area (Å²) in [7, 11) is 0. The monoisotopic (exact) mass is 403 g/mol. The van der Waals surface area contributed by atoms with Crippen molar-refractivity contribution in [1.82, 2.24) is 18.7 Å². The second-order valence-corrected chi connectivity index (χ2v) is 7.18. The Morgan fingerprint density at radius 1 is 1.13 bits per heavy atom. The molecule has 7 nitrogen and oxygen atoms in total. The van der Waals surface area contributed by atoms with Gasteiger partial charge in [0.05, 0.1) is 30.2 Å². The fourth-order valence-electron chi connectivity index (χ4n) is 3.53. The Bertz CT molecular complexity index is 1420. The third kappa shape index (κ3) is 3.10. The average Bonchev–Trinajstić information content (AvgIpc) is 3.12. The van der Waals surface area contributed by atoms with Crippen molar-refractivity contribution >= 4 is 11.2 Å². The smallest absolute Gasteiger partial charge is 0.320 e. The van der Waals surface area contributed by atoms with Gasteiger partial charge in [0.25, 0.3) is 5.56 Å². The molecule has 0 N–H and O–H groups in total. The molecule has 2 aromatic heterocycles. The van der Waals surface area contributed by atoms with Gasteiger partial charge in [-0.15, -0.1) is 0 Å². The van der Waals surface area contributed by atoms with E-state index in [0.717, 1.165) is 10.1 Å². The van der Waals surface area contributed by atoms with E-state index in [0.29, 0.717) is 5.56 Å². The molecule has 2 heterocycles. The molecular formula is C22H18FN5O2. The number of aromatic nitrogens is 4. The van der Waals surface area contributed by atoms with Gasteiger partial charge in [0.1, 0.15) is 5.82 Å². The highest BCUT2D eigenvalue weighted by Gasteiger charge is 2.21. The number of rotatable bonds is 4. The van der Waals surface area contributed by atoms with Crippen molar-refractivity contribution in [2.45, 2.75) is 26.4 Å². The van der Waals surface area contributed by atoms with Gasteiger partial charge in [-0.1, -0.05) is 24.3 Å². The Kier molecular flexibility index (Phi) is 4.80. The summed E-state index contributed by atoms with van der Waals surface area (Å²) in [6.07, 6.45) is 1.46. The highest BCUT2D eigenvalue weighted by Crippen LogP contribution is 2.17. The van der Waals surface area contributed by atoms with E-state index in [1.807, 2.05) is 6.07 Å². The van der Waals surface area contributed by atoms with E-state index in [1.54, 1.807) is 42.7 Å². The van der Waals surface area contributed by atoms with E-state index in [-0.39, 0.29) is 23.4 Å². The number of benzene rings is 2. The van der Waals surface area contributed by atoms with Crippen molar-refractivity contribution in [2.75, 3.05) is 0 Å². The van der Waals surface area contributed by atoms with Crippen molar-refractivity contribution in [1.29, 1.82) is 5.26 Å². The largest absolute Gasteiger partial charge is 0.337 e. The molecule has 0 aliphatic carbocycles. The van der Waals surface area contributed by atoms with Crippen molar-refractivity contribution in [3.05, 3.63) is 92.6 Å². The lowest BCUT2D eigenvalue weighted by Gasteiger charge is -2.15. The summed E-state index contributed by atoms with van der Waals surface area (Å²) in [4.78, 5) is 30.7. The van der Waals surface area contributed by atoms with E-state index < -0.39 is 23.1 Å². The molecule has 0 fully saturated rings. The number of nitrogens with zero attached hydrogens (tertiary/aromatic N) is 5. The van der Waals surface area contributed by atoms with Crippen LogP contribution in [-0.2, 0) is 6.54 Å². The Labute approximate surface area is 170 Å². The predicted molar refractivity (Wildman–Crippen MR) is 110 cm³/mol. The van der Waals surface area contributed by atoms with Crippen LogP contribution in [0.5, 0.6) is 0 Å². The van der Waals surface area contributed by atoms with E-state index in [1.165, 1.54) is 29.1 Å². The molecule has 0 bridgehead atoms. The van der Waals surface area contributed by atoms with Crippen LogP contribution >= 0.6 is 0 Å². The zero-order chi connectivity index (χ0) is 21.4. The number of hydrogen-bond donors (Lipinski definition) is 0. The van der Waals surface area contributed by atoms with Crippen molar-refractivity contribution in [3.63, 3.8) is 0 Å². The minimum atomic E-state index is -0.587. The highest BCUT2D eigenvalue weighted by molar-refractivity contribution is 5.72. The van der Waals surface area contributed by atoms with Gasteiger partial charge < -0.3 is 4.57 Å². The van der Waals surface area contributed by atoms with Crippen LogP contribution in [0, 0.1) is 17.1 Å². The third-order valence-corrected chi connectivity index (χ3v) is 4.91. The number of fused-ring (bicyclic) bond motifs is 1. The van der Waals surface area contributed by atoms with E-state index >= 15 is 0 Å². The third-order valence-electron chi connectivity index (χ3n) is 4.91. The number of imidazole rings is 1. The number of nitriles is 1.